The summed E-state index contributed by atoms with van der Waals surface area (Å²) in [5.74, 6) is 1.15. The minimum Gasteiger partial charge on any atom is -0.428 e. The van der Waals surface area contributed by atoms with E-state index in [9.17, 15) is 22.8 Å². The molecule has 1 aliphatic rings. The lowest BCUT2D eigenvalue weighted by Crippen LogP contribution is -2.43. The number of thioether (sulfide) groups is 1. The predicted molar refractivity (Wildman–Crippen MR) is 136 cm³/mol. The first-order valence-corrected chi connectivity index (χ1v) is 15.9. The SMILES string of the molecule is CSCC1CCC(n2cc3cc(NC(=O)c4cccc(C(F)(F)F)n4)c([Si](C)(C)O)cc3n2)CC1. The monoisotopic (exact) mass is 522 g/mol. The molecule has 4 rings (SSSR count). The first kappa shape index (κ1) is 25.7. The molecule has 0 atom stereocenters. The molecule has 0 radical (unpaired) electrons. The van der Waals surface area contributed by atoms with Crippen molar-refractivity contribution in [3.63, 3.8) is 0 Å². The van der Waals surface area contributed by atoms with Gasteiger partial charge in [0.25, 0.3) is 5.91 Å². The average Bonchev–Trinajstić information content (AvgIpc) is 3.21. The highest BCUT2D eigenvalue weighted by Crippen LogP contribution is 2.34. The summed E-state index contributed by atoms with van der Waals surface area (Å²) in [5, 5.41) is 8.80. The summed E-state index contributed by atoms with van der Waals surface area (Å²) >= 11 is 1.88. The fourth-order valence-corrected chi connectivity index (χ4v) is 6.69. The van der Waals surface area contributed by atoms with Crippen LogP contribution in [0.25, 0.3) is 10.9 Å². The Morgan fingerprint density at radius 2 is 1.94 bits per heavy atom. The molecule has 0 bridgehead atoms. The van der Waals surface area contributed by atoms with Crippen molar-refractivity contribution in [3.05, 3.63) is 47.9 Å². The van der Waals surface area contributed by atoms with E-state index in [1.165, 1.54) is 11.8 Å². The van der Waals surface area contributed by atoms with E-state index >= 15 is 0 Å². The van der Waals surface area contributed by atoms with Crippen LogP contribution in [0.5, 0.6) is 0 Å². The van der Waals surface area contributed by atoms with E-state index in [1.54, 1.807) is 25.2 Å². The van der Waals surface area contributed by atoms with Crippen LogP contribution in [0.4, 0.5) is 18.9 Å². The molecule has 1 amide bonds. The number of fused-ring (bicyclic) bond motifs is 1. The van der Waals surface area contributed by atoms with Crippen molar-refractivity contribution in [2.24, 2.45) is 5.92 Å². The molecule has 0 unspecified atom stereocenters. The van der Waals surface area contributed by atoms with Crippen molar-refractivity contribution >= 4 is 47.8 Å². The molecule has 35 heavy (non-hydrogen) atoms. The molecule has 1 aromatic carbocycles. The van der Waals surface area contributed by atoms with Crippen LogP contribution in [0.3, 0.4) is 0 Å². The largest absolute Gasteiger partial charge is 0.433 e. The number of hydrogen-bond donors (Lipinski definition) is 2. The van der Waals surface area contributed by atoms with Crippen LogP contribution in [0, 0.1) is 5.92 Å². The van der Waals surface area contributed by atoms with Crippen LogP contribution in [-0.2, 0) is 6.18 Å². The van der Waals surface area contributed by atoms with Gasteiger partial charge in [-0.3, -0.25) is 9.48 Å². The summed E-state index contributed by atoms with van der Waals surface area (Å²) in [6, 6.07) is 7.03. The number of carbonyl (C=O) groups is 1. The number of hydrogen-bond acceptors (Lipinski definition) is 5. The van der Waals surface area contributed by atoms with E-state index in [0.29, 0.717) is 16.9 Å². The lowest BCUT2D eigenvalue weighted by Gasteiger charge is -2.28. The topological polar surface area (TPSA) is 80.0 Å². The number of halogens is 3. The highest BCUT2D eigenvalue weighted by atomic mass is 32.2. The molecule has 1 fully saturated rings. The number of carbonyl (C=O) groups excluding carboxylic acids is 1. The number of pyridine rings is 1. The summed E-state index contributed by atoms with van der Waals surface area (Å²) < 4.78 is 41.1. The highest BCUT2D eigenvalue weighted by molar-refractivity contribution is 7.98. The van der Waals surface area contributed by atoms with Crippen LogP contribution in [-0.4, -0.2) is 45.8 Å². The van der Waals surface area contributed by atoms with Gasteiger partial charge in [0.15, 0.2) is 0 Å². The number of amides is 1. The molecule has 0 saturated heterocycles. The maximum absolute atomic E-state index is 13.0. The minimum atomic E-state index is -4.65. The van der Waals surface area contributed by atoms with Crippen molar-refractivity contribution in [1.29, 1.82) is 0 Å². The second kappa shape index (κ2) is 9.94. The second-order valence-corrected chi connectivity index (χ2v) is 14.2. The zero-order chi connectivity index (χ0) is 25.4. The van der Waals surface area contributed by atoms with Gasteiger partial charge in [-0.2, -0.15) is 30.0 Å². The Morgan fingerprint density at radius 3 is 2.57 bits per heavy atom. The van der Waals surface area contributed by atoms with Crippen molar-refractivity contribution < 1.29 is 22.8 Å². The summed E-state index contributed by atoms with van der Waals surface area (Å²) in [6.45, 7) is 3.44. The van der Waals surface area contributed by atoms with Crippen LogP contribution in [0.15, 0.2) is 36.5 Å². The number of anilines is 1. The van der Waals surface area contributed by atoms with E-state index in [-0.39, 0.29) is 5.69 Å². The Labute approximate surface area is 207 Å². The molecule has 2 aromatic heterocycles. The van der Waals surface area contributed by atoms with Crippen LogP contribution < -0.4 is 10.5 Å². The maximum Gasteiger partial charge on any atom is 0.433 e. The van der Waals surface area contributed by atoms with Crippen molar-refractivity contribution in [3.8, 4) is 0 Å². The van der Waals surface area contributed by atoms with Crippen molar-refractivity contribution in [2.75, 3.05) is 17.3 Å². The average molecular weight is 523 g/mol. The number of alkyl halides is 3. The second-order valence-electron chi connectivity index (χ2n) is 9.61. The smallest absolute Gasteiger partial charge is 0.428 e. The Kier molecular flexibility index (Phi) is 7.30. The fourth-order valence-electron chi connectivity index (χ4n) is 4.60. The number of aromatic nitrogens is 3. The molecule has 11 heteroatoms. The fraction of sp³-hybridized carbons (Fsp3) is 0.458. The molecule has 2 N–H and O–H groups in total. The first-order valence-electron chi connectivity index (χ1n) is 11.6. The summed E-state index contributed by atoms with van der Waals surface area (Å²) in [6.07, 6.45) is 3.86. The number of rotatable bonds is 6. The molecule has 1 saturated carbocycles. The third-order valence-corrected chi connectivity index (χ3v) is 8.97. The lowest BCUT2D eigenvalue weighted by atomic mass is 9.87. The third-order valence-electron chi connectivity index (χ3n) is 6.43. The number of benzene rings is 1. The van der Waals surface area contributed by atoms with Gasteiger partial charge in [0, 0.05) is 17.3 Å². The Bertz CT molecular complexity index is 1220. The van der Waals surface area contributed by atoms with Gasteiger partial charge in [-0.25, -0.2) is 4.98 Å². The molecule has 1 aliphatic carbocycles. The molecular weight excluding hydrogens is 493 g/mol. The Morgan fingerprint density at radius 1 is 1.23 bits per heavy atom. The molecule has 0 spiro atoms. The van der Waals surface area contributed by atoms with Gasteiger partial charge in [0.1, 0.15) is 11.4 Å². The third kappa shape index (κ3) is 5.89. The quantitative estimate of drug-likeness (QED) is 0.435. The lowest BCUT2D eigenvalue weighted by molar-refractivity contribution is -0.141. The van der Waals surface area contributed by atoms with E-state index in [2.05, 4.69) is 16.6 Å². The maximum atomic E-state index is 13.0. The summed E-state index contributed by atoms with van der Waals surface area (Å²) in [7, 11) is -2.92. The molecule has 3 aromatic rings. The first-order chi connectivity index (χ1) is 16.5. The molecule has 0 aliphatic heterocycles. The van der Waals surface area contributed by atoms with Gasteiger partial charge in [-0.05, 0) is 86.2 Å². The van der Waals surface area contributed by atoms with Gasteiger partial charge < -0.3 is 10.1 Å². The number of nitrogens with one attached hydrogen (secondary N) is 1. The molecular formula is C24H29F3N4O2SSi. The van der Waals surface area contributed by atoms with E-state index in [4.69, 9.17) is 5.10 Å². The minimum absolute atomic E-state index is 0.302. The van der Waals surface area contributed by atoms with Gasteiger partial charge in [-0.1, -0.05) is 6.07 Å². The van der Waals surface area contributed by atoms with Crippen LogP contribution in [0.1, 0.15) is 47.9 Å². The van der Waals surface area contributed by atoms with Gasteiger partial charge in [0.2, 0.25) is 8.32 Å². The van der Waals surface area contributed by atoms with Crippen LogP contribution >= 0.6 is 11.8 Å². The Balaban J connectivity index is 1.63. The molecule has 6 nitrogen and oxygen atoms in total. The molecule has 188 valence electrons. The van der Waals surface area contributed by atoms with Gasteiger partial charge in [-0.15, -0.1) is 0 Å². The van der Waals surface area contributed by atoms with Crippen molar-refractivity contribution in [2.45, 2.75) is 51.0 Å². The van der Waals surface area contributed by atoms with E-state index < -0.39 is 26.1 Å². The van der Waals surface area contributed by atoms with Crippen LogP contribution in [0.2, 0.25) is 13.1 Å². The standard InChI is InChI=1S/C24H29F3N4O2SSi/c1-34-14-15-7-9-17(10-8-15)31-13-16-11-20(21(35(2,3)33)12-19(16)30-31)29-23(32)18-5-4-6-22(28-18)24(25,26)27/h4-6,11-13,15,17,33H,7-10,14H2,1-3H3,(H,29,32). The highest BCUT2D eigenvalue weighted by Gasteiger charge is 2.33. The van der Waals surface area contributed by atoms with E-state index in [1.807, 2.05) is 22.6 Å². The van der Waals surface area contributed by atoms with Crippen molar-refractivity contribution in [1.82, 2.24) is 14.8 Å². The van der Waals surface area contributed by atoms with E-state index in [0.717, 1.165) is 54.6 Å². The normalized spacial score (nSPS) is 19.2. The van der Waals surface area contributed by atoms with Gasteiger partial charge >= 0.3 is 6.18 Å². The predicted octanol–water partition coefficient (Wildman–Crippen LogP) is 5.20. The summed E-state index contributed by atoms with van der Waals surface area (Å²) in [4.78, 5) is 27.2. The zero-order valence-electron chi connectivity index (χ0n) is 19.9. The Hall–Kier alpha value is -2.37. The zero-order valence-corrected chi connectivity index (χ0v) is 21.7. The van der Waals surface area contributed by atoms with Gasteiger partial charge in [0.05, 0.1) is 11.6 Å². The summed E-state index contributed by atoms with van der Waals surface area (Å²) in [5.41, 5.74) is -0.396. The molecule has 2 heterocycles. The number of nitrogens with zero attached hydrogens (tertiary/aromatic N) is 3.